The minimum atomic E-state index is 0.349. The fraction of sp³-hybridized carbons (Fsp3) is 1.00. The van der Waals surface area contributed by atoms with Gasteiger partial charge in [-0.2, -0.15) is 0 Å². The highest BCUT2D eigenvalue weighted by Crippen LogP contribution is 2.34. The molecule has 2 rings (SSSR count). The summed E-state index contributed by atoms with van der Waals surface area (Å²) < 4.78 is 5.79. The highest BCUT2D eigenvalue weighted by molar-refractivity contribution is 5.01. The van der Waals surface area contributed by atoms with Gasteiger partial charge in [-0.3, -0.25) is 4.90 Å². The van der Waals surface area contributed by atoms with E-state index in [2.05, 4.69) is 37.9 Å². The van der Waals surface area contributed by atoms with Crippen LogP contribution in [0, 0.1) is 5.92 Å². The Morgan fingerprint density at radius 3 is 2.50 bits per heavy atom. The van der Waals surface area contributed by atoms with E-state index in [0.717, 1.165) is 19.1 Å². The topological polar surface area (TPSA) is 24.5 Å². The van der Waals surface area contributed by atoms with Gasteiger partial charge in [0.25, 0.3) is 0 Å². The molecule has 0 bridgehead atoms. The van der Waals surface area contributed by atoms with Crippen molar-refractivity contribution in [3.05, 3.63) is 0 Å². The Morgan fingerprint density at radius 1 is 1.20 bits per heavy atom. The summed E-state index contributed by atoms with van der Waals surface area (Å²) in [4.78, 5) is 2.71. The summed E-state index contributed by atoms with van der Waals surface area (Å²) in [5.41, 5.74) is 0.422. The zero-order valence-corrected chi connectivity index (χ0v) is 14.0. The first-order chi connectivity index (χ1) is 9.51. The maximum Gasteiger partial charge on any atom is 0.0597 e. The molecule has 2 fully saturated rings. The number of piperazine rings is 1. The van der Waals surface area contributed by atoms with E-state index in [-0.39, 0.29) is 0 Å². The lowest BCUT2D eigenvalue weighted by Crippen LogP contribution is -2.63. The van der Waals surface area contributed by atoms with E-state index in [1.165, 1.54) is 45.2 Å². The lowest BCUT2D eigenvalue weighted by molar-refractivity contribution is 0.0169. The molecule has 1 saturated carbocycles. The predicted molar refractivity (Wildman–Crippen MR) is 85.1 cm³/mol. The van der Waals surface area contributed by atoms with E-state index in [9.17, 15) is 0 Å². The van der Waals surface area contributed by atoms with E-state index >= 15 is 0 Å². The fourth-order valence-electron chi connectivity index (χ4n) is 3.87. The van der Waals surface area contributed by atoms with Crippen LogP contribution in [-0.2, 0) is 4.74 Å². The van der Waals surface area contributed by atoms with E-state index in [0.29, 0.717) is 17.7 Å². The number of hydrogen-bond donors (Lipinski definition) is 1. The summed E-state index contributed by atoms with van der Waals surface area (Å²) in [5.74, 6) is 0.771. The molecule has 20 heavy (non-hydrogen) atoms. The third-order valence-corrected chi connectivity index (χ3v) is 4.87. The third-order valence-electron chi connectivity index (χ3n) is 4.87. The molecule has 0 aromatic carbocycles. The largest absolute Gasteiger partial charge is 0.377 e. The highest BCUT2D eigenvalue weighted by Gasteiger charge is 2.40. The molecule has 0 radical (unpaired) electrons. The first kappa shape index (κ1) is 16.3. The van der Waals surface area contributed by atoms with Crippen LogP contribution in [0.2, 0.25) is 0 Å². The van der Waals surface area contributed by atoms with Gasteiger partial charge < -0.3 is 10.1 Å². The average Bonchev–Trinajstić information content (AvgIpc) is 2.80. The van der Waals surface area contributed by atoms with Gasteiger partial charge in [0.2, 0.25) is 0 Å². The second kappa shape index (κ2) is 7.24. The minimum Gasteiger partial charge on any atom is -0.377 e. The molecule has 1 aliphatic heterocycles. The van der Waals surface area contributed by atoms with Crippen LogP contribution in [0.5, 0.6) is 0 Å². The Labute approximate surface area is 125 Å². The van der Waals surface area contributed by atoms with Gasteiger partial charge in [0, 0.05) is 31.2 Å². The quantitative estimate of drug-likeness (QED) is 0.810. The first-order valence-corrected chi connectivity index (χ1v) is 8.61. The van der Waals surface area contributed by atoms with Crippen molar-refractivity contribution in [1.82, 2.24) is 10.2 Å². The molecule has 2 aliphatic rings. The van der Waals surface area contributed by atoms with Gasteiger partial charge in [-0.1, -0.05) is 26.7 Å². The lowest BCUT2D eigenvalue weighted by Gasteiger charge is -2.47. The molecule has 3 nitrogen and oxygen atoms in total. The van der Waals surface area contributed by atoms with Crippen molar-refractivity contribution in [2.45, 2.75) is 77.5 Å². The summed E-state index contributed by atoms with van der Waals surface area (Å²) in [6.45, 7) is 13.3. The molecule has 1 atom stereocenters. The van der Waals surface area contributed by atoms with Crippen molar-refractivity contribution in [3.8, 4) is 0 Å². The van der Waals surface area contributed by atoms with Crippen molar-refractivity contribution in [1.29, 1.82) is 0 Å². The van der Waals surface area contributed by atoms with E-state index in [1.54, 1.807) is 0 Å². The Hall–Kier alpha value is -0.120. The molecule has 1 unspecified atom stereocenters. The minimum absolute atomic E-state index is 0.349. The summed E-state index contributed by atoms with van der Waals surface area (Å²) in [7, 11) is 0. The molecule has 1 spiro atoms. The Kier molecular flexibility index (Phi) is 5.88. The van der Waals surface area contributed by atoms with Crippen LogP contribution in [0.25, 0.3) is 0 Å². The number of hydrogen-bond acceptors (Lipinski definition) is 3. The zero-order valence-electron chi connectivity index (χ0n) is 14.0. The Bertz CT molecular complexity index is 285. The molecule has 1 aliphatic carbocycles. The lowest BCUT2D eigenvalue weighted by atomic mass is 9.90. The van der Waals surface area contributed by atoms with Crippen molar-refractivity contribution in [2.24, 2.45) is 5.92 Å². The Balaban J connectivity index is 1.91. The van der Waals surface area contributed by atoms with Crippen LogP contribution in [0.1, 0.15) is 59.8 Å². The molecular formula is C17H34N2O. The summed E-state index contributed by atoms with van der Waals surface area (Å²) >= 11 is 0. The molecule has 0 aromatic rings. The average molecular weight is 282 g/mol. The summed E-state index contributed by atoms with van der Waals surface area (Å²) in [6, 6.07) is 0.692. The monoisotopic (exact) mass is 282 g/mol. The highest BCUT2D eigenvalue weighted by atomic mass is 16.5. The normalized spacial score (nSPS) is 27.0. The molecule has 0 aromatic heterocycles. The van der Waals surface area contributed by atoms with Gasteiger partial charge in [0.15, 0.2) is 0 Å². The number of nitrogens with one attached hydrogen (secondary N) is 1. The van der Waals surface area contributed by atoms with Crippen LogP contribution >= 0.6 is 0 Å². The summed E-state index contributed by atoms with van der Waals surface area (Å²) in [6.07, 6.45) is 7.18. The van der Waals surface area contributed by atoms with Crippen LogP contribution in [0.4, 0.5) is 0 Å². The van der Waals surface area contributed by atoms with Gasteiger partial charge in [-0.15, -0.1) is 0 Å². The molecule has 1 saturated heterocycles. The van der Waals surface area contributed by atoms with Crippen molar-refractivity contribution >= 4 is 0 Å². The van der Waals surface area contributed by atoms with Gasteiger partial charge in [-0.25, -0.2) is 0 Å². The summed E-state index contributed by atoms with van der Waals surface area (Å²) in [5, 5.41) is 3.90. The third kappa shape index (κ3) is 4.44. The number of nitrogens with zero attached hydrogens (tertiary/aromatic N) is 1. The first-order valence-electron chi connectivity index (χ1n) is 8.61. The van der Waals surface area contributed by atoms with E-state index in [4.69, 9.17) is 4.74 Å². The Morgan fingerprint density at radius 2 is 1.90 bits per heavy atom. The number of rotatable bonds is 6. The predicted octanol–water partition coefficient (Wildman–Crippen LogP) is 3.04. The molecule has 0 amide bonds. The van der Waals surface area contributed by atoms with Crippen LogP contribution in [-0.4, -0.2) is 48.8 Å². The smallest absolute Gasteiger partial charge is 0.0597 e. The van der Waals surface area contributed by atoms with Crippen molar-refractivity contribution in [2.75, 3.05) is 26.2 Å². The molecule has 1 N–H and O–H groups in total. The van der Waals surface area contributed by atoms with Crippen molar-refractivity contribution in [3.63, 3.8) is 0 Å². The maximum absolute atomic E-state index is 5.79. The van der Waals surface area contributed by atoms with Gasteiger partial charge in [0.1, 0.15) is 0 Å². The SMILES string of the molecule is CC(C)CC1CNC2(CCCC2)CN1CCOC(C)C. The number of ether oxygens (including phenoxy) is 1. The molecule has 1 heterocycles. The molecule has 118 valence electrons. The van der Waals surface area contributed by atoms with Crippen LogP contribution in [0.3, 0.4) is 0 Å². The van der Waals surface area contributed by atoms with E-state index < -0.39 is 0 Å². The van der Waals surface area contributed by atoms with Crippen LogP contribution < -0.4 is 5.32 Å². The van der Waals surface area contributed by atoms with Gasteiger partial charge in [0.05, 0.1) is 12.7 Å². The van der Waals surface area contributed by atoms with Gasteiger partial charge >= 0.3 is 0 Å². The second-order valence-electron chi connectivity index (χ2n) is 7.54. The molecular weight excluding hydrogens is 248 g/mol. The standard InChI is InChI=1S/C17H34N2O/c1-14(2)11-16-12-18-17(7-5-6-8-17)13-19(16)9-10-20-15(3)4/h14-16,18H,5-13H2,1-4H3. The molecule has 3 heteroatoms. The maximum atomic E-state index is 5.79. The fourth-order valence-corrected chi connectivity index (χ4v) is 3.87. The van der Waals surface area contributed by atoms with Crippen LogP contribution in [0.15, 0.2) is 0 Å². The van der Waals surface area contributed by atoms with Gasteiger partial charge in [-0.05, 0) is 39.0 Å². The zero-order chi connectivity index (χ0) is 14.6. The van der Waals surface area contributed by atoms with E-state index in [1.807, 2.05) is 0 Å². The van der Waals surface area contributed by atoms with Crippen molar-refractivity contribution < 1.29 is 4.74 Å². The second-order valence-corrected chi connectivity index (χ2v) is 7.54.